The molecule has 1 fully saturated rings. The van der Waals surface area contributed by atoms with Gasteiger partial charge in [0.05, 0.1) is 13.7 Å². The van der Waals surface area contributed by atoms with Gasteiger partial charge in [0.15, 0.2) is 0 Å². The zero-order chi connectivity index (χ0) is 14.9. The number of piperidine rings is 1. The minimum absolute atomic E-state index is 0.0213. The molecule has 0 saturated carbocycles. The van der Waals surface area contributed by atoms with Crippen molar-refractivity contribution in [3.63, 3.8) is 0 Å². The predicted octanol–water partition coefficient (Wildman–Crippen LogP) is 3.04. The molecule has 2 aromatic rings. The third-order valence-corrected chi connectivity index (χ3v) is 4.40. The second kappa shape index (κ2) is 5.70. The van der Waals surface area contributed by atoms with E-state index in [9.17, 15) is 5.11 Å². The fraction of sp³-hybridized carbons (Fsp3) is 0.529. The fourth-order valence-corrected chi connectivity index (χ4v) is 3.19. The van der Waals surface area contributed by atoms with Crippen LogP contribution in [-0.2, 0) is 6.54 Å². The van der Waals surface area contributed by atoms with Gasteiger partial charge in [0.2, 0.25) is 0 Å². The summed E-state index contributed by atoms with van der Waals surface area (Å²) in [5.74, 6) is 1.82. The molecule has 1 aromatic heterocycles. The lowest BCUT2D eigenvalue weighted by molar-refractivity contribution is 0.0401. The van der Waals surface area contributed by atoms with Gasteiger partial charge in [0, 0.05) is 24.0 Å². The number of nitrogens with zero attached hydrogens (tertiary/aromatic N) is 1. The molecular formula is C17H23NO3. The van der Waals surface area contributed by atoms with Crippen LogP contribution >= 0.6 is 0 Å². The van der Waals surface area contributed by atoms with E-state index < -0.39 is 0 Å². The molecule has 0 radical (unpaired) electrons. The zero-order valence-corrected chi connectivity index (χ0v) is 12.8. The van der Waals surface area contributed by atoms with Crippen LogP contribution < -0.4 is 4.74 Å². The Morgan fingerprint density at radius 2 is 2.24 bits per heavy atom. The molecule has 1 unspecified atom stereocenters. The third-order valence-electron chi connectivity index (χ3n) is 4.40. The summed E-state index contributed by atoms with van der Waals surface area (Å²) in [6.07, 6.45) is 2.22. The maximum absolute atomic E-state index is 9.54. The van der Waals surface area contributed by atoms with Gasteiger partial charge in [-0.1, -0.05) is 6.92 Å². The SMILES string of the molecule is COc1ccc2oc(CN3CCCC(C)(CO)C3)cc2c1. The van der Waals surface area contributed by atoms with E-state index in [1.54, 1.807) is 7.11 Å². The van der Waals surface area contributed by atoms with E-state index >= 15 is 0 Å². The molecule has 1 aromatic carbocycles. The first kappa shape index (κ1) is 14.4. The van der Waals surface area contributed by atoms with Gasteiger partial charge in [0.1, 0.15) is 17.1 Å². The summed E-state index contributed by atoms with van der Waals surface area (Å²) >= 11 is 0. The van der Waals surface area contributed by atoms with Crippen molar-refractivity contribution in [1.29, 1.82) is 0 Å². The molecule has 1 aliphatic rings. The Hall–Kier alpha value is -1.52. The number of hydrogen-bond acceptors (Lipinski definition) is 4. The minimum Gasteiger partial charge on any atom is -0.497 e. The second-order valence-electron chi connectivity index (χ2n) is 6.40. The summed E-state index contributed by atoms with van der Waals surface area (Å²) in [7, 11) is 1.67. The Kier molecular flexibility index (Phi) is 3.91. The zero-order valence-electron chi connectivity index (χ0n) is 12.8. The van der Waals surface area contributed by atoms with Crippen molar-refractivity contribution in [2.45, 2.75) is 26.3 Å². The topological polar surface area (TPSA) is 45.8 Å². The first-order chi connectivity index (χ1) is 10.1. The van der Waals surface area contributed by atoms with E-state index in [4.69, 9.17) is 9.15 Å². The predicted molar refractivity (Wildman–Crippen MR) is 82.5 cm³/mol. The van der Waals surface area contributed by atoms with Crippen molar-refractivity contribution in [2.24, 2.45) is 5.41 Å². The van der Waals surface area contributed by atoms with Gasteiger partial charge in [-0.2, -0.15) is 0 Å². The maximum atomic E-state index is 9.54. The normalized spacial score (nSPS) is 23.6. The van der Waals surface area contributed by atoms with Gasteiger partial charge in [0.25, 0.3) is 0 Å². The Morgan fingerprint density at radius 1 is 1.38 bits per heavy atom. The molecule has 21 heavy (non-hydrogen) atoms. The van der Waals surface area contributed by atoms with Gasteiger partial charge < -0.3 is 14.3 Å². The molecule has 0 aliphatic carbocycles. The molecule has 4 nitrogen and oxygen atoms in total. The van der Waals surface area contributed by atoms with Gasteiger partial charge in [-0.3, -0.25) is 4.90 Å². The molecule has 114 valence electrons. The summed E-state index contributed by atoms with van der Waals surface area (Å²) in [5, 5.41) is 10.6. The summed E-state index contributed by atoms with van der Waals surface area (Å²) < 4.78 is 11.2. The van der Waals surface area contributed by atoms with Gasteiger partial charge in [-0.05, 0) is 43.7 Å². The first-order valence-corrected chi connectivity index (χ1v) is 7.52. The van der Waals surface area contributed by atoms with Gasteiger partial charge >= 0.3 is 0 Å². The van der Waals surface area contributed by atoms with Crippen LogP contribution in [0.5, 0.6) is 5.75 Å². The summed E-state index contributed by atoms with van der Waals surface area (Å²) in [6, 6.07) is 7.95. The van der Waals surface area contributed by atoms with Crippen molar-refractivity contribution in [1.82, 2.24) is 4.90 Å². The highest BCUT2D eigenvalue weighted by Crippen LogP contribution is 2.31. The van der Waals surface area contributed by atoms with Crippen LogP contribution in [0.25, 0.3) is 11.0 Å². The Labute approximate surface area is 125 Å². The molecule has 3 rings (SSSR count). The largest absolute Gasteiger partial charge is 0.497 e. The Morgan fingerprint density at radius 3 is 3.00 bits per heavy atom. The highest BCUT2D eigenvalue weighted by molar-refractivity contribution is 5.79. The monoisotopic (exact) mass is 289 g/mol. The highest BCUT2D eigenvalue weighted by Gasteiger charge is 2.30. The second-order valence-corrected chi connectivity index (χ2v) is 6.40. The molecule has 1 saturated heterocycles. The molecule has 1 N–H and O–H groups in total. The number of likely N-dealkylation sites (tertiary alicyclic amines) is 1. The summed E-state index contributed by atoms with van der Waals surface area (Å²) in [6.45, 7) is 5.19. The molecule has 4 heteroatoms. The smallest absolute Gasteiger partial charge is 0.134 e. The number of furan rings is 1. The highest BCUT2D eigenvalue weighted by atomic mass is 16.5. The van der Waals surface area contributed by atoms with Crippen LogP contribution in [0.15, 0.2) is 28.7 Å². The van der Waals surface area contributed by atoms with E-state index in [0.717, 1.165) is 55.0 Å². The first-order valence-electron chi connectivity index (χ1n) is 7.52. The number of rotatable bonds is 4. The van der Waals surface area contributed by atoms with Crippen LogP contribution in [0.1, 0.15) is 25.5 Å². The number of aliphatic hydroxyl groups is 1. The maximum Gasteiger partial charge on any atom is 0.134 e. The molecule has 0 spiro atoms. The third kappa shape index (κ3) is 3.06. The summed E-state index contributed by atoms with van der Waals surface area (Å²) in [4.78, 5) is 2.37. The van der Waals surface area contributed by atoms with Crippen LogP contribution in [0.4, 0.5) is 0 Å². The van der Waals surface area contributed by atoms with E-state index in [2.05, 4.69) is 17.9 Å². The van der Waals surface area contributed by atoms with Crippen molar-refractivity contribution in [3.05, 3.63) is 30.0 Å². The van der Waals surface area contributed by atoms with Gasteiger partial charge in [-0.25, -0.2) is 0 Å². The lowest BCUT2D eigenvalue weighted by Crippen LogP contribution is -2.43. The molecular weight excluding hydrogens is 266 g/mol. The van der Waals surface area contributed by atoms with E-state index in [1.165, 1.54) is 0 Å². The Bertz CT molecular complexity index is 622. The molecule has 0 bridgehead atoms. The minimum atomic E-state index is 0.0213. The van der Waals surface area contributed by atoms with Crippen LogP contribution in [0, 0.1) is 5.41 Å². The number of fused-ring (bicyclic) bond motifs is 1. The molecule has 1 aliphatic heterocycles. The summed E-state index contributed by atoms with van der Waals surface area (Å²) in [5.41, 5.74) is 0.917. The van der Waals surface area contributed by atoms with Crippen molar-refractivity contribution >= 4 is 11.0 Å². The van der Waals surface area contributed by atoms with Crippen molar-refractivity contribution in [3.8, 4) is 5.75 Å². The van der Waals surface area contributed by atoms with E-state index in [1.807, 2.05) is 18.2 Å². The average molecular weight is 289 g/mol. The van der Waals surface area contributed by atoms with Crippen molar-refractivity contribution in [2.75, 3.05) is 26.8 Å². The molecule has 1 atom stereocenters. The number of benzene rings is 1. The number of aliphatic hydroxyl groups excluding tert-OH is 1. The molecule has 2 heterocycles. The van der Waals surface area contributed by atoms with Crippen molar-refractivity contribution < 1.29 is 14.3 Å². The van der Waals surface area contributed by atoms with E-state index in [-0.39, 0.29) is 12.0 Å². The van der Waals surface area contributed by atoms with Crippen LogP contribution in [0.2, 0.25) is 0 Å². The lowest BCUT2D eigenvalue weighted by atomic mass is 9.83. The van der Waals surface area contributed by atoms with Gasteiger partial charge in [-0.15, -0.1) is 0 Å². The van der Waals surface area contributed by atoms with E-state index in [0.29, 0.717) is 0 Å². The lowest BCUT2D eigenvalue weighted by Gasteiger charge is -2.38. The number of methoxy groups -OCH3 is 1. The molecule has 0 amide bonds. The van der Waals surface area contributed by atoms with Crippen LogP contribution in [-0.4, -0.2) is 36.8 Å². The standard InChI is InChI=1S/C17H23NO3/c1-17(12-19)6-3-7-18(11-17)10-15-9-13-8-14(20-2)4-5-16(13)21-15/h4-5,8-9,19H,3,6-7,10-12H2,1-2H3. The number of ether oxygens (including phenoxy) is 1. The number of hydrogen-bond donors (Lipinski definition) is 1. The fourth-order valence-electron chi connectivity index (χ4n) is 3.19. The quantitative estimate of drug-likeness (QED) is 0.939. The average Bonchev–Trinajstić information content (AvgIpc) is 2.88. The Balaban J connectivity index is 1.75. The van der Waals surface area contributed by atoms with Crippen LogP contribution in [0.3, 0.4) is 0 Å².